The van der Waals surface area contributed by atoms with Crippen LogP contribution in [0.25, 0.3) is 0 Å². The molecule has 2 amide bonds. The molecular formula is C33H33ClIN3O4S. The van der Waals surface area contributed by atoms with Crippen LogP contribution in [0.1, 0.15) is 25.0 Å². The van der Waals surface area contributed by atoms with Gasteiger partial charge in [0.25, 0.3) is 10.0 Å². The number of nitrogens with one attached hydrogen (secondary N) is 1. The molecule has 0 bridgehead atoms. The standard InChI is InChI=1S/C33H33ClIN3O4S/c1-24(2)36-33(40)31(21-25-10-5-3-6-11-25)37(22-26-12-9-13-27(34)20-26)32(39)23-38(29-18-16-28(35)17-19-29)43(41,42)30-14-7-4-8-15-30/h3-20,24,31H,21-23H2,1-2H3,(H,36,40)/t31-/m1/s1. The first-order valence-corrected chi connectivity index (χ1v) is 16.7. The van der Waals surface area contributed by atoms with Crippen molar-refractivity contribution in [3.05, 3.63) is 129 Å². The number of hydrogen-bond donors (Lipinski definition) is 1. The lowest BCUT2D eigenvalue weighted by Gasteiger charge is -2.34. The minimum atomic E-state index is -4.14. The number of nitrogens with zero attached hydrogens (tertiary/aromatic N) is 2. The first kappa shape index (κ1) is 32.5. The van der Waals surface area contributed by atoms with E-state index in [9.17, 15) is 18.0 Å². The van der Waals surface area contributed by atoms with E-state index >= 15 is 0 Å². The molecule has 0 unspecified atom stereocenters. The summed E-state index contributed by atoms with van der Waals surface area (Å²) in [4.78, 5) is 29.6. The molecule has 0 heterocycles. The summed E-state index contributed by atoms with van der Waals surface area (Å²) < 4.78 is 30.0. The molecule has 4 rings (SSSR count). The summed E-state index contributed by atoms with van der Waals surface area (Å²) in [6, 6.07) is 30.3. The molecule has 43 heavy (non-hydrogen) atoms. The van der Waals surface area contributed by atoms with E-state index < -0.39 is 28.5 Å². The SMILES string of the molecule is CC(C)NC(=O)[C@@H](Cc1ccccc1)N(Cc1cccc(Cl)c1)C(=O)CN(c1ccc(I)cc1)S(=O)(=O)c1ccccc1. The van der Waals surface area contributed by atoms with Gasteiger partial charge in [-0.25, -0.2) is 8.42 Å². The summed E-state index contributed by atoms with van der Waals surface area (Å²) in [5, 5.41) is 3.44. The molecule has 0 spiro atoms. The van der Waals surface area contributed by atoms with Gasteiger partial charge in [-0.15, -0.1) is 0 Å². The van der Waals surface area contributed by atoms with Crippen LogP contribution in [0.15, 0.2) is 114 Å². The van der Waals surface area contributed by atoms with Gasteiger partial charge in [0.05, 0.1) is 10.6 Å². The van der Waals surface area contributed by atoms with Crippen molar-refractivity contribution in [1.29, 1.82) is 0 Å². The lowest BCUT2D eigenvalue weighted by atomic mass is 10.0. The van der Waals surface area contributed by atoms with E-state index in [0.29, 0.717) is 16.3 Å². The van der Waals surface area contributed by atoms with Crippen LogP contribution in [0.2, 0.25) is 5.02 Å². The van der Waals surface area contributed by atoms with Gasteiger partial charge in [-0.1, -0.05) is 72.3 Å². The van der Waals surface area contributed by atoms with Crippen molar-refractivity contribution in [2.24, 2.45) is 0 Å². The fourth-order valence-corrected chi connectivity index (χ4v) is 6.63. The number of amides is 2. The zero-order valence-corrected chi connectivity index (χ0v) is 27.6. The minimum Gasteiger partial charge on any atom is -0.352 e. The van der Waals surface area contributed by atoms with E-state index in [0.717, 1.165) is 13.4 Å². The van der Waals surface area contributed by atoms with Crippen molar-refractivity contribution in [2.45, 2.75) is 43.8 Å². The van der Waals surface area contributed by atoms with E-state index in [-0.39, 0.29) is 29.8 Å². The lowest BCUT2D eigenvalue weighted by molar-refractivity contribution is -0.140. The molecule has 0 aliphatic rings. The Bertz CT molecular complexity index is 1640. The lowest BCUT2D eigenvalue weighted by Crippen LogP contribution is -2.54. The average Bonchev–Trinajstić information content (AvgIpc) is 2.98. The van der Waals surface area contributed by atoms with Crippen molar-refractivity contribution in [1.82, 2.24) is 10.2 Å². The predicted molar refractivity (Wildman–Crippen MR) is 179 cm³/mol. The van der Waals surface area contributed by atoms with Crippen LogP contribution in [0.3, 0.4) is 0 Å². The smallest absolute Gasteiger partial charge is 0.264 e. The molecule has 0 aliphatic carbocycles. The molecule has 1 N–H and O–H groups in total. The number of benzene rings is 4. The molecule has 224 valence electrons. The first-order chi connectivity index (χ1) is 20.5. The van der Waals surface area contributed by atoms with E-state index in [1.165, 1.54) is 17.0 Å². The van der Waals surface area contributed by atoms with Gasteiger partial charge in [-0.3, -0.25) is 13.9 Å². The fourth-order valence-electron chi connectivity index (χ4n) is 4.62. The van der Waals surface area contributed by atoms with Gasteiger partial charge in [0.15, 0.2) is 0 Å². The molecule has 4 aromatic rings. The van der Waals surface area contributed by atoms with Crippen LogP contribution in [0.5, 0.6) is 0 Å². The summed E-state index contributed by atoms with van der Waals surface area (Å²) in [7, 11) is -4.14. The third kappa shape index (κ3) is 8.81. The fraction of sp³-hybridized carbons (Fsp3) is 0.212. The first-order valence-electron chi connectivity index (χ1n) is 13.8. The third-order valence-corrected chi connectivity index (χ3v) is 9.41. The van der Waals surface area contributed by atoms with Crippen LogP contribution in [-0.2, 0) is 32.6 Å². The van der Waals surface area contributed by atoms with Gasteiger partial charge in [0.2, 0.25) is 11.8 Å². The van der Waals surface area contributed by atoms with Crippen LogP contribution in [0, 0.1) is 3.57 Å². The van der Waals surface area contributed by atoms with Crippen LogP contribution >= 0.6 is 34.2 Å². The number of halogens is 2. The summed E-state index contributed by atoms with van der Waals surface area (Å²) in [6.07, 6.45) is 0.237. The highest BCUT2D eigenvalue weighted by Gasteiger charge is 2.34. The molecule has 0 fully saturated rings. The Balaban J connectivity index is 1.79. The van der Waals surface area contributed by atoms with Crippen LogP contribution in [-0.4, -0.2) is 43.8 Å². The summed E-state index contributed by atoms with van der Waals surface area (Å²) in [5.41, 5.74) is 1.91. The van der Waals surface area contributed by atoms with Gasteiger partial charge < -0.3 is 10.2 Å². The normalized spacial score (nSPS) is 12.0. The molecular weight excluding hydrogens is 697 g/mol. The van der Waals surface area contributed by atoms with Gasteiger partial charge in [-0.2, -0.15) is 0 Å². The van der Waals surface area contributed by atoms with Crippen molar-refractivity contribution >= 4 is 61.7 Å². The number of sulfonamides is 1. The molecule has 0 aromatic heterocycles. The van der Waals surface area contributed by atoms with Gasteiger partial charge in [0.1, 0.15) is 12.6 Å². The van der Waals surface area contributed by atoms with Gasteiger partial charge in [-0.05, 0) is 96.1 Å². The van der Waals surface area contributed by atoms with Crippen molar-refractivity contribution in [3.8, 4) is 0 Å². The highest BCUT2D eigenvalue weighted by molar-refractivity contribution is 14.1. The van der Waals surface area contributed by atoms with Gasteiger partial charge in [0, 0.05) is 27.6 Å². The second-order valence-electron chi connectivity index (χ2n) is 10.3. The topological polar surface area (TPSA) is 86.8 Å². The second-order valence-corrected chi connectivity index (χ2v) is 13.9. The highest BCUT2D eigenvalue weighted by Crippen LogP contribution is 2.26. The van der Waals surface area contributed by atoms with Crippen LogP contribution < -0.4 is 9.62 Å². The Hall–Kier alpha value is -3.41. The predicted octanol–water partition coefficient (Wildman–Crippen LogP) is 6.30. The Kier molecular flexibility index (Phi) is 11.2. The summed E-state index contributed by atoms with van der Waals surface area (Å²) in [6.45, 7) is 3.24. The highest BCUT2D eigenvalue weighted by atomic mass is 127. The summed E-state index contributed by atoms with van der Waals surface area (Å²) >= 11 is 8.42. The monoisotopic (exact) mass is 729 g/mol. The Morgan fingerprint density at radius 1 is 0.837 bits per heavy atom. The van der Waals surface area contributed by atoms with Crippen molar-refractivity contribution in [3.63, 3.8) is 0 Å². The van der Waals surface area contributed by atoms with E-state index in [4.69, 9.17) is 11.6 Å². The number of anilines is 1. The maximum absolute atomic E-state index is 14.4. The minimum absolute atomic E-state index is 0.0499. The molecule has 1 atom stereocenters. The maximum atomic E-state index is 14.4. The molecule has 0 radical (unpaired) electrons. The Labute approximate surface area is 272 Å². The average molecular weight is 730 g/mol. The number of rotatable bonds is 12. The number of carbonyl (C=O) groups excluding carboxylic acids is 2. The number of carbonyl (C=O) groups is 2. The van der Waals surface area contributed by atoms with Gasteiger partial charge >= 0.3 is 0 Å². The zero-order chi connectivity index (χ0) is 31.0. The maximum Gasteiger partial charge on any atom is 0.264 e. The molecule has 0 aliphatic heterocycles. The number of hydrogen-bond acceptors (Lipinski definition) is 4. The molecule has 4 aromatic carbocycles. The molecule has 0 saturated carbocycles. The largest absolute Gasteiger partial charge is 0.352 e. The van der Waals surface area contributed by atoms with Crippen molar-refractivity contribution < 1.29 is 18.0 Å². The molecule has 7 nitrogen and oxygen atoms in total. The van der Waals surface area contributed by atoms with Crippen molar-refractivity contribution in [2.75, 3.05) is 10.8 Å². The molecule has 10 heteroatoms. The van der Waals surface area contributed by atoms with E-state index in [2.05, 4.69) is 27.9 Å². The summed E-state index contributed by atoms with van der Waals surface area (Å²) in [5.74, 6) is -0.862. The Morgan fingerprint density at radius 3 is 2.05 bits per heavy atom. The third-order valence-electron chi connectivity index (χ3n) is 6.67. The zero-order valence-electron chi connectivity index (χ0n) is 23.9. The second kappa shape index (κ2) is 14.9. The molecule has 0 saturated heterocycles. The van der Waals surface area contributed by atoms with Crippen LogP contribution in [0.4, 0.5) is 5.69 Å². The quantitative estimate of drug-likeness (QED) is 0.174. The van der Waals surface area contributed by atoms with E-state index in [1.54, 1.807) is 60.7 Å². The Morgan fingerprint density at radius 2 is 1.44 bits per heavy atom. The van der Waals surface area contributed by atoms with E-state index in [1.807, 2.05) is 50.2 Å².